The van der Waals surface area contributed by atoms with Gasteiger partial charge < -0.3 is 9.64 Å². The molecule has 0 aliphatic carbocycles. The Morgan fingerprint density at radius 2 is 1.81 bits per heavy atom. The second-order valence-corrected chi connectivity index (χ2v) is 8.46. The molecule has 5 nitrogen and oxygen atoms in total. The Bertz CT molecular complexity index is 890. The van der Waals surface area contributed by atoms with Gasteiger partial charge in [-0.25, -0.2) is 12.8 Å². The average Bonchev–Trinajstić information content (AvgIpc) is 2.59. The molecule has 1 heterocycles. The van der Waals surface area contributed by atoms with E-state index in [1.807, 2.05) is 0 Å². The zero-order valence-corrected chi connectivity index (χ0v) is 15.2. The van der Waals surface area contributed by atoms with E-state index in [9.17, 15) is 17.6 Å². The van der Waals surface area contributed by atoms with Gasteiger partial charge in [0, 0.05) is 19.5 Å². The summed E-state index contributed by atoms with van der Waals surface area (Å²) in [6, 6.07) is 12.6. The van der Waals surface area contributed by atoms with Gasteiger partial charge in [0.15, 0.2) is 9.84 Å². The number of methoxy groups -OCH3 is 1. The molecule has 1 saturated heterocycles. The van der Waals surface area contributed by atoms with Crippen LogP contribution in [0.5, 0.6) is 5.75 Å². The van der Waals surface area contributed by atoms with Crippen LogP contribution < -0.4 is 4.74 Å². The first-order chi connectivity index (χ1) is 12.4. The van der Waals surface area contributed by atoms with Crippen LogP contribution in [0.25, 0.3) is 0 Å². The molecule has 1 amide bonds. The Hall–Kier alpha value is -2.41. The Kier molecular flexibility index (Phi) is 5.27. The lowest BCUT2D eigenvalue weighted by Gasteiger charge is -2.38. The van der Waals surface area contributed by atoms with Crippen molar-refractivity contribution in [3.63, 3.8) is 0 Å². The molecule has 138 valence electrons. The topological polar surface area (TPSA) is 63.7 Å². The molecule has 0 N–H and O–H groups in total. The summed E-state index contributed by atoms with van der Waals surface area (Å²) in [6.07, 6.45) is 0.466. The number of nitrogens with zero attached hydrogens (tertiary/aromatic N) is 1. The SMILES string of the molecule is COc1ccc(S(=O)(=O)C2CN(C(=O)CCc3ccccc3F)C2)cc1. The molecule has 0 aromatic heterocycles. The van der Waals surface area contributed by atoms with Gasteiger partial charge in [-0.2, -0.15) is 0 Å². The molecule has 0 spiro atoms. The fourth-order valence-electron chi connectivity index (χ4n) is 2.90. The Labute approximate surface area is 152 Å². The van der Waals surface area contributed by atoms with Crippen LogP contribution in [0.1, 0.15) is 12.0 Å². The normalized spacial score (nSPS) is 14.8. The number of sulfone groups is 1. The highest BCUT2D eigenvalue weighted by Gasteiger charge is 2.40. The van der Waals surface area contributed by atoms with E-state index in [4.69, 9.17) is 4.74 Å². The lowest BCUT2D eigenvalue weighted by Crippen LogP contribution is -2.56. The maximum absolute atomic E-state index is 13.6. The number of amides is 1. The monoisotopic (exact) mass is 377 g/mol. The van der Waals surface area contributed by atoms with Gasteiger partial charge in [-0.05, 0) is 42.3 Å². The van der Waals surface area contributed by atoms with Crippen LogP contribution in [0.4, 0.5) is 4.39 Å². The number of carbonyl (C=O) groups excluding carboxylic acids is 1. The number of likely N-dealkylation sites (tertiary alicyclic amines) is 1. The van der Waals surface area contributed by atoms with Crippen molar-refractivity contribution in [1.29, 1.82) is 0 Å². The number of ether oxygens (including phenoxy) is 1. The number of carbonyl (C=O) groups is 1. The van der Waals surface area contributed by atoms with E-state index < -0.39 is 15.1 Å². The van der Waals surface area contributed by atoms with E-state index >= 15 is 0 Å². The van der Waals surface area contributed by atoms with Gasteiger partial charge in [-0.1, -0.05) is 18.2 Å². The van der Waals surface area contributed by atoms with Crippen LogP contribution in [0.3, 0.4) is 0 Å². The molecule has 0 radical (unpaired) electrons. The summed E-state index contributed by atoms with van der Waals surface area (Å²) in [4.78, 5) is 13.9. The number of halogens is 1. The molecule has 0 atom stereocenters. The van der Waals surface area contributed by atoms with Gasteiger partial charge in [0.05, 0.1) is 12.0 Å². The minimum absolute atomic E-state index is 0.158. The molecule has 0 saturated carbocycles. The van der Waals surface area contributed by atoms with E-state index in [-0.39, 0.29) is 36.1 Å². The summed E-state index contributed by atoms with van der Waals surface area (Å²) in [7, 11) is -1.96. The third-order valence-electron chi connectivity index (χ3n) is 4.59. The maximum atomic E-state index is 13.6. The minimum atomic E-state index is -3.48. The molecular formula is C19H20FNO4S. The summed E-state index contributed by atoms with van der Waals surface area (Å²) in [5.74, 6) is 0.0980. The van der Waals surface area contributed by atoms with E-state index in [0.29, 0.717) is 17.7 Å². The maximum Gasteiger partial charge on any atom is 0.222 e. The molecule has 3 rings (SSSR count). The summed E-state index contributed by atoms with van der Waals surface area (Å²) in [5, 5.41) is -0.603. The number of hydrogen-bond donors (Lipinski definition) is 0. The number of benzene rings is 2. The standard InChI is InChI=1S/C19H20FNO4S/c1-25-15-7-9-16(10-8-15)26(23,24)17-12-21(13-17)19(22)11-6-14-4-2-3-5-18(14)20/h2-5,7-10,17H,6,11-13H2,1H3. The molecular weight excluding hydrogens is 357 g/mol. The van der Waals surface area contributed by atoms with E-state index in [0.717, 1.165) is 0 Å². The van der Waals surface area contributed by atoms with Gasteiger partial charge in [-0.15, -0.1) is 0 Å². The Balaban J connectivity index is 1.55. The number of aryl methyl sites for hydroxylation is 1. The lowest BCUT2D eigenvalue weighted by molar-refractivity contribution is -0.134. The van der Waals surface area contributed by atoms with Crippen molar-refractivity contribution in [3.05, 3.63) is 59.9 Å². The highest BCUT2D eigenvalue weighted by molar-refractivity contribution is 7.92. The van der Waals surface area contributed by atoms with Crippen molar-refractivity contribution < 1.29 is 22.3 Å². The third kappa shape index (κ3) is 3.72. The smallest absolute Gasteiger partial charge is 0.222 e. The van der Waals surface area contributed by atoms with Gasteiger partial charge in [-0.3, -0.25) is 4.79 Å². The van der Waals surface area contributed by atoms with Crippen molar-refractivity contribution in [2.24, 2.45) is 0 Å². The van der Waals surface area contributed by atoms with Crippen LogP contribution in [0, 0.1) is 5.82 Å². The highest BCUT2D eigenvalue weighted by Crippen LogP contribution is 2.26. The fourth-order valence-corrected chi connectivity index (χ4v) is 4.55. The first kappa shape index (κ1) is 18.4. The van der Waals surface area contributed by atoms with Crippen molar-refractivity contribution in [2.45, 2.75) is 23.0 Å². The summed E-state index contributed by atoms with van der Waals surface area (Å²) in [5.41, 5.74) is 0.490. The first-order valence-electron chi connectivity index (χ1n) is 8.31. The molecule has 7 heteroatoms. The molecule has 0 bridgehead atoms. The molecule has 26 heavy (non-hydrogen) atoms. The predicted molar refractivity (Wildman–Crippen MR) is 95.3 cm³/mol. The molecule has 1 aliphatic rings. The van der Waals surface area contributed by atoms with E-state index in [1.54, 1.807) is 30.3 Å². The lowest BCUT2D eigenvalue weighted by atomic mass is 10.1. The Morgan fingerprint density at radius 1 is 1.15 bits per heavy atom. The van der Waals surface area contributed by atoms with Crippen molar-refractivity contribution in [2.75, 3.05) is 20.2 Å². The summed E-state index contributed by atoms with van der Waals surface area (Å²) in [6.45, 7) is 0.342. The zero-order chi connectivity index (χ0) is 18.7. The molecule has 1 fully saturated rings. The van der Waals surface area contributed by atoms with Gasteiger partial charge in [0.25, 0.3) is 0 Å². The van der Waals surface area contributed by atoms with Crippen molar-refractivity contribution in [1.82, 2.24) is 4.90 Å². The van der Waals surface area contributed by atoms with Crippen LogP contribution in [-0.2, 0) is 21.1 Å². The third-order valence-corrected chi connectivity index (χ3v) is 6.70. The van der Waals surface area contributed by atoms with Gasteiger partial charge in [0.1, 0.15) is 16.8 Å². The second-order valence-electron chi connectivity index (χ2n) is 6.23. The highest BCUT2D eigenvalue weighted by atomic mass is 32.2. The fraction of sp³-hybridized carbons (Fsp3) is 0.316. The van der Waals surface area contributed by atoms with E-state index in [1.165, 1.54) is 30.2 Å². The summed E-state index contributed by atoms with van der Waals surface area (Å²) >= 11 is 0. The van der Waals surface area contributed by atoms with Crippen molar-refractivity contribution in [3.8, 4) is 5.75 Å². The second kappa shape index (κ2) is 7.45. The first-order valence-corrected chi connectivity index (χ1v) is 9.85. The van der Waals surface area contributed by atoms with Crippen LogP contribution in [0.15, 0.2) is 53.4 Å². The number of hydrogen-bond acceptors (Lipinski definition) is 4. The van der Waals surface area contributed by atoms with Gasteiger partial charge in [0.2, 0.25) is 5.91 Å². The molecule has 1 aliphatic heterocycles. The van der Waals surface area contributed by atoms with Crippen LogP contribution in [-0.4, -0.2) is 44.7 Å². The predicted octanol–water partition coefficient (Wildman–Crippen LogP) is 2.45. The Morgan fingerprint density at radius 3 is 2.42 bits per heavy atom. The molecule has 0 unspecified atom stereocenters. The molecule has 2 aromatic carbocycles. The minimum Gasteiger partial charge on any atom is -0.497 e. The van der Waals surface area contributed by atoms with Crippen molar-refractivity contribution >= 4 is 15.7 Å². The average molecular weight is 377 g/mol. The number of rotatable bonds is 6. The van der Waals surface area contributed by atoms with Gasteiger partial charge >= 0.3 is 0 Å². The molecule has 2 aromatic rings. The van der Waals surface area contributed by atoms with Crippen LogP contribution in [0.2, 0.25) is 0 Å². The largest absolute Gasteiger partial charge is 0.497 e. The van der Waals surface area contributed by atoms with Crippen LogP contribution >= 0.6 is 0 Å². The summed E-state index contributed by atoms with van der Waals surface area (Å²) < 4.78 is 43.8. The quantitative estimate of drug-likeness (QED) is 0.776. The van der Waals surface area contributed by atoms with E-state index in [2.05, 4.69) is 0 Å². The zero-order valence-electron chi connectivity index (χ0n) is 14.4.